The Balaban J connectivity index is 1.20. The summed E-state index contributed by atoms with van der Waals surface area (Å²) in [7, 11) is 0. The lowest BCUT2D eigenvalue weighted by Crippen LogP contribution is -2.84. The summed E-state index contributed by atoms with van der Waals surface area (Å²) < 4.78 is 2.05. The number of rotatable bonds is 8. The molecule has 1 aliphatic rings. The number of aromatic nitrogens is 4. The second kappa shape index (κ2) is 10.5. The lowest BCUT2D eigenvalue weighted by Gasteiger charge is -2.16. The van der Waals surface area contributed by atoms with Crippen LogP contribution in [0.15, 0.2) is 108 Å². The number of nitrogens with one attached hydrogen (secondary N) is 2. The first kappa shape index (κ1) is 25.0. The van der Waals surface area contributed by atoms with Crippen LogP contribution in [0.2, 0.25) is 0 Å². The number of allylic oxidation sites excluding steroid dienone is 2. The summed E-state index contributed by atoms with van der Waals surface area (Å²) >= 11 is 0. The van der Waals surface area contributed by atoms with Crippen LogP contribution in [0.3, 0.4) is 0 Å². The standard InChI is InChI=1S/C34H30N6O/c1-22-39-32-33(40(22)25-9-3-2-4-10-25)30(35-17-15-23-20-37-28-13-7-5-11-26(23)28)19-31(34(32)41)36-18-16-24-21-38-29-14-8-6-12-27(24)29/h2-14,19-21,36-38H,15-18H2,1H3/p+1. The van der Waals surface area contributed by atoms with Crippen molar-refractivity contribution in [2.75, 3.05) is 13.1 Å². The number of hydrogen-bond acceptors (Lipinski definition) is 3. The van der Waals surface area contributed by atoms with Gasteiger partial charge in [-0.05, 0) is 48.7 Å². The molecule has 41 heavy (non-hydrogen) atoms. The van der Waals surface area contributed by atoms with E-state index in [1.165, 1.54) is 21.9 Å². The van der Waals surface area contributed by atoms with Gasteiger partial charge in [-0.3, -0.25) is 14.4 Å². The summed E-state index contributed by atoms with van der Waals surface area (Å²) in [5.41, 5.74) is 8.40. The van der Waals surface area contributed by atoms with E-state index in [1.807, 2.05) is 60.8 Å². The van der Waals surface area contributed by atoms with Gasteiger partial charge in [0.05, 0.1) is 12.3 Å². The Morgan fingerprint density at radius 2 is 1.46 bits per heavy atom. The highest BCUT2D eigenvalue weighted by Gasteiger charge is 2.33. The molecule has 6 aromatic rings. The van der Waals surface area contributed by atoms with Crippen LogP contribution in [-0.2, 0) is 12.8 Å². The van der Waals surface area contributed by atoms with Crippen LogP contribution in [0.25, 0.3) is 27.5 Å². The van der Waals surface area contributed by atoms with Crippen molar-refractivity contribution in [3.05, 3.63) is 131 Å². The largest absolute Gasteiger partial charge is 0.361 e. The van der Waals surface area contributed by atoms with E-state index in [9.17, 15) is 4.79 Å². The van der Waals surface area contributed by atoms with E-state index in [1.54, 1.807) is 0 Å². The van der Waals surface area contributed by atoms with Gasteiger partial charge in [0.15, 0.2) is 5.70 Å². The third-order valence-electron chi connectivity index (χ3n) is 7.86. The molecule has 0 atom stereocenters. The molecule has 0 amide bonds. The minimum Gasteiger partial charge on any atom is -0.361 e. The van der Waals surface area contributed by atoms with Crippen molar-refractivity contribution < 1.29 is 10.1 Å². The van der Waals surface area contributed by atoms with Gasteiger partial charge in [-0.1, -0.05) is 54.6 Å². The van der Waals surface area contributed by atoms with Crippen LogP contribution in [0, 0.1) is 6.92 Å². The van der Waals surface area contributed by atoms with Crippen LogP contribution in [-0.4, -0.2) is 44.1 Å². The molecule has 0 saturated heterocycles. The van der Waals surface area contributed by atoms with Crippen molar-refractivity contribution in [1.29, 1.82) is 0 Å². The fraction of sp³-hybridized carbons (Fsp3) is 0.147. The van der Waals surface area contributed by atoms with Crippen LogP contribution in [0.5, 0.6) is 0 Å². The van der Waals surface area contributed by atoms with Crippen LogP contribution >= 0.6 is 0 Å². The second-order valence-electron chi connectivity index (χ2n) is 10.4. The number of nitrogens with zero attached hydrogens (tertiary/aromatic N) is 3. The molecule has 0 unspecified atom stereocenters. The maximum atomic E-state index is 13.7. The molecular weight excluding hydrogens is 508 g/mol. The van der Waals surface area contributed by atoms with E-state index < -0.39 is 0 Å². The zero-order chi connectivity index (χ0) is 27.8. The zero-order valence-corrected chi connectivity index (χ0v) is 22.9. The number of para-hydroxylation sites is 3. The molecule has 3 aromatic heterocycles. The highest BCUT2D eigenvalue weighted by atomic mass is 16.1. The Hall–Kier alpha value is -5.01. The molecule has 7 rings (SSSR count). The average Bonchev–Trinajstić information content (AvgIpc) is 3.71. The molecule has 3 aromatic carbocycles. The molecule has 0 spiro atoms. The van der Waals surface area contributed by atoms with Crippen molar-refractivity contribution in [1.82, 2.24) is 19.5 Å². The number of nitrogens with two attached hydrogens (primary N) is 1. The summed E-state index contributed by atoms with van der Waals surface area (Å²) in [6.45, 7) is 3.29. The van der Waals surface area contributed by atoms with Crippen molar-refractivity contribution in [3.8, 4) is 5.69 Å². The molecule has 3 heterocycles. The number of ketones is 1. The number of aryl methyl sites for hydroxylation is 1. The smallest absolute Gasteiger partial charge is 0.266 e. The molecule has 0 bridgehead atoms. The third-order valence-corrected chi connectivity index (χ3v) is 7.86. The first-order chi connectivity index (χ1) is 20.2. The molecule has 4 N–H and O–H groups in total. The first-order valence-electron chi connectivity index (χ1n) is 14.1. The lowest BCUT2D eigenvalue weighted by molar-refractivity contribution is -0.598. The number of hydrogen-bond donors (Lipinski definition) is 3. The molecule has 0 radical (unpaired) electrons. The summed E-state index contributed by atoms with van der Waals surface area (Å²) in [6.07, 6.45) is 7.72. The topological polar surface area (TPSA) is 95.4 Å². The molecule has 0 saturated carbocycles. The Kier molecular flexibility index (Phi) is 6.41. The molecule has 0 fully saturated rings. The number of Topliss-reactive ketones (excluding diaryl/α,β-unsaturated/α-hetero) is 1. The normalized spacial score (nSPS) is 14.2. The van der Waals surface area contributed by atoms with Gasteiger partial charge in [-0.2, -0.15) is 0 Å². The third kappa shape index (κ3) is 4.60. The quantitative estimate of drug-likeness (QED) is 0.252. The van der Waals surface area contributed by atoms with Crippen molar-refractivity contribution in [2.45, 2.75) is 19.8 Å². The van der Waals surface area contributed by atoms with Crippen molar-refractivity contribution >= 4 is 33.3 Å². The van der Waals surface area contributed by atoms with Gasteiger partial charge in [-0.15, -0.1) is 0 Å². The number of carbonyl (C=O) groups excluding carboxylic acids is 1. The number of aromatic amines is 2. The Morgan fingerprint density at radius 1 is 0.829 bits per heavy atom. The van der Waals surface area contributed by atoms with E-state index in [-0.39, 0.29) is 5.78 Å². The average molecular weight is 540 g/mol. The van der Waals surface area contributed by atoms with E-state index in [0.29, 0.717) is 17.9 Å². The fourth-order valence-electron chi connectivity index (χ4n) is 5.87. The minimum absolute atomic E-state index is 0.0488. The number of quaternary nitrogens is 1. The second-order valence-corrected chi connectivity index (χ2v) is 10.4. The predicted octanol–water partition coefficient (Wildman–Crippen LogP) is 5.06. The highest BCUT2D eigenvalue weighted by Crippen LogP contribution is 2.25. The zero-order valence-electron chi connectivity index (χ0n) is 22.9. The molecule has 1 aliphatic carbocycles. The molecule has 7 nitrogen and oxygen atoms in total. The van der Waals surface area contributed by atoms with Gasteiger partial charge in [0.25, 0.3) is 5.78 Å². The van der Waals surface area contributed by atoms with Gasteiger partial charge < -0.3 is 15.3 Å². The van der Waals surface area contributed by atoms with Gasteiger partial charge in [-0.25, -0.2) is 4.98 Å². The number of fused-ring (bicyclic) bond motifs is 3. The van der Waals surface area contributed by atoms with Gasteiger partial charge in [0.1, 0.15) is 17.2 Å². The van der Waals surface area contributed by atoms with Gasteiger partial charge in [0.2, 0.25) is 0 Å². The number of benzene rings is 3. The molecular formula is C34H31N6O+. The Morgan fingerprint density at radius 3 is 2.17 bits per heavy atom. The number of carbonyl (C=O) groups is 1. The summed E-state index contributed by atoms with van der Waals surface area (Å²) in [4.78, 5) is 30.3. The van der Waals surface area contributed by atoms with E-state index in [0.717, 1.165) is 53.3 Å². The monoisotopic (exact) mass is 539 g/mol. The molecule has 0 aliphatic heterocycles. The lowest BCUT2D eigenvalue weighted by atomic mass is 10.0. The van der Waals surface area contributed by atoms with Crippen molar-refractivity contribution in [2.24, 2.45) is 4.99 Å². The molecule has 202 valence electrons. The summed E-state index contributed by atoms with van der Waals surface area (Å²) in [5.74, 6) is 0.722. The van der Waals surface area contributed by atoms with E-state index in [4.69, 9.17) is 9.98 Å². The first-order valence-corrected chi connectivity index (χ1v) is 14.1. The van der Waals surface area contributed by atoms with Crippen LogP contribution in [0.1, 0.15) is 33.1 Å². The van der Waals surface area contributed by atoms with Gasteiger partial charge >= 0.3 is 0 Å². The van der Waals surface area contributed by atoms with Crippen LogP contribution < -0.4 is 5.32 Å². The van der Waals surface area contributed by atoms with E-state index >= 15 is 0 Å². The van der Waals surface area contributed by atoms with Crippen molar-refractivity contribution in [3.63, 3.8) is 0 Å². The Bertz CT molecular complexity index is 1950. The van der Waals surface area contributed by atoms with Gasteiger partial charge in [0, 0.05) is 58.9 Å². The predicted molar refractivity (Wildman–Crippen MR) is 163 cm³/mol. The summed E-state index contributed by atoms with van der Waals surface area (Å²) in [5, 5.41) is 4.49. The van der Waals surface area contributed by atoms with E-state index in [2.05, 4.69) is 63.3 Å². The van der Waals surface area contributed by atoms with Crippen LogP contribution in [0.4, 0.5) is 0 Å². The number of H-pyrrole nitrogens is 2. The minimum atomic E-state index is -0.0488. The fourth-order valence-corrected chi connectivity index (χ4v) is 5.87. The Labute approximate surface area is 237 Å². The SMILES string of the molecule is Cc1nc2c(n1-c1ccccc1)C(=NCCc1c[nH]c3ccccc13)C=C([NH2+]CCc1c[nH]c3ccccc13)C2=O. The maximum absolute atomic E-state index is 13.7. The number of imidazole rings is 1. The number of aliphatic imine (C=N–C) groups is 1. The maximum Gasteiger partial charge on any atom is 0.266 e. The molecule has 7 heteroatoms. The summed E-state index contributed by atoms with van der Waals surface area (Å²) in [6, 6.07) is 26.7. The highest BCUT2D eigenvalue weighted by molar-refractivity contribution is 6.24.